The van der Waals surface area contributed by atoms with Crippen LogP contribution in [-0.2, 0) is 4.79 Å². The van der Waals surface area contributed by atoms with Gasteiger partial charge in [0.2, 0.25) is 5.91 Å². The molecule has 30 heavy (non-hydrogen) atoms. The molecule has 154 valence electrons. The maximum absolute atomic E-state index is 13.1. The quantitative estimate of drug-likeness (QED) is 0.536. The third kappa shape index (κ3) is 4.88. The van der Waals surface area contributed by atoms with Gasteiger partial charge in [-0.05, 0) is 42.2 Å². The number of carbonyl (C=O) groups excluding carboxylic acids is 1. The molecule has 1 aliphatic rings. The molecule has 0 spiro atoms. The van der Waals surface area contributed by atoms with Crippen molar-refractivity contribution in [1.82, 2.24) is 9.88 Å². The maximum Gasteiger partial charge on any atom is 0.226 e. The number of carbonyl (C=O) groups is 1. The Morgan fingerprint density at radius 2 is 1.70 bits per heavy atom. The van der Waals surface area contributed by atoms with Crippen molar-refractivity contribution in [3.8, 4) is 16.9 Å². The number of hydrogen-bond donors (Lipinski definition) is 0. The molecule has 1 aromatic heterocycles. The summed E-state index contributed by atoms with van der Waals surface area (Å²) >= 11 is 0. The molecule has 1 saturated heterocycles. The molecule has 0 radical (unpaired) electrons. The minimum atomic E-state index is 0.139. The van der Waals surface area contributed by atoms with E-state index in [9.17, 15) is 4.79 Å². The Kier molecular flexibility index (Phi) is 6.75. The number of likely N-dealkylation sites (tertiary alicyclic amines) is 1. The van der Waals surface area contributed by atoms with Crippen molar-refractivity contribution in [3.63, 3.8) is 0 Å². The first kappa shape index (κ1) is 20.1. The SMILES string of the molecule is O=C(CCOc1ccccc1-c1ccccc1)N1CCCCC[C@H]1c1ccncc1. The van der Waals surface area contributed by atoms with Crippen molar-refractivity contribution >= 4 is 5.91 Å². The highest BCUT2D eigenvalue weighted by molar-refractivity contribution is 5.77. The zero-order valence-electron chi connectivity index (χ0n) is 17.2. The van der Waals surface area contributed by atoms with Crippen LogP contribution in [0.15, 0.2) is 79.1 Å². The van der Waals surface area contributed by atoms with E-state index in [0.29, 0.717) is 13.0 Å². The predicted molar refractivity (Wildman–Crippen MR) is 119 cm³/mol. The zero-order valence-corrected chi connectivity index (χ0v) is 17.2. The van der Waals surface area contributed by atoms with E-state index in [0.717, 1.165) is 42.7 Å². The van der Waals surface area contributed by atoms with Gasteiger partial charge in [0, 0.05) is 24.5 Å². The van der Waals surface area contributed by atoms with Crippen molar-refractivity contribution in [2.24, 2.45) is 0 Å². The van der Waals surface area contributed by atoms with Crippen molar-refractivity contribution < 1.29 is 9.53 Å². The number of amides is 1. The summed E-state index contributed by atoms with van der Waals surface area (Å²) in [5.74, 6) is 0.981. The van der Waals surface area contributed by atoms with E-state index in [2.05, 4.69) is 28.1 Å². The van der Waals surface area contributed by atoms with E-state index in [1.165, 1.54) is 12.0 Å². The van der Waals surface area contributed by atoms with Crippen molar-refractivity contribution in [2.75, 3.05) is 13.2 Å². The van der Waals surface area contributed by atoms with Crippen LogP contribution < -0.4 is 4.74 Å². The van der Waals surface area contributed by atoms with E-state index in [1.54, 1.807) is 0 Å². The number of nitrogens with zero attached hydrogens (tertiary/aromatic N) is 2. The molecule has 4 rings (SSSR count). The van der Waals surface area contributed by atoms with Crippen LogP contribution in [0, 0.1) is 0 Å². The molecule has 0 N–H and O–H groups in total. The van der Waals surface area contributed by atoms with Crippen LogP contribution in [-0.4, -0.2) is 28.9 Å². The van der Waals surface area contributed by atoms with Gasteiger partial charge >= 0.3 is 0 Å². The van der Waals surface area contributed by atoms with E-state index in [-0.39, 0.29) is 11.9 Å². The molecule has 2 aromatic carbocycles. The van der Waals surface area contributed by atoms with Crippen molar-refractivity contribution in [1.29, 1.82) is 0 Å². The van der Waals surface area contributed by atoms with E-state index < -0.39 is 0 Å². The third-order valence-corrected chi connectivity index (χ3v) is 5.71. The van der Waals surface area contributed by atoms with Crippen LogP contribution in [0.2, 0.25) is 0 Å². The minimum absolute atomic E-state index is 0.139. The molecule has 0 aliphatic carbocycles. The molecular formula is C26H28N2O2. The van der Waals surface area contributed by atoms with Gasteiger partial charge in [0.15, 0.2) is 0 Å². The van der Waals surface area contributed by atoms with Gasteiger partial charge in [0.1, 0.15) is 5.75 Å². The predicted octanol–water partition coefficient (Wildman–Crippen LogP) is 5.66. The van der Waals surface area contributed by atoms with Gasteiger partial charge in [0.25, 0.3) is 0 Å². The number of hydrogen-bond acceptors (Lipinski definition) is 3. The summed E-state index contributed by atoms with van der Waals surface area (Å²) in [5, 5.41) is 0. The average Bonchev–Trinajstić information content (AvgIpc) is 3.07. The Morgan fingerprint density at radius 3 is 2.53 bits per heavy atom. The lowest BCUT2D eigenvalue weighted by Crippen LogP contribution is -2.35. The second-order valence-corrected chi connectivity index (χ2v) is 7.69. The molecule has 0 saturated carbocycles. The van der Waals surface area contributed by atoms with Gasteiger partial charge in [0.05, 0.1) is 19.1 Å². The summed E-state index contributed by atoms with van der Waals surface area (Å²) in [6.07, 6.45) is 8.40. The Bertz CT molecular complexity index is 944. The summed E-state index contributed by atoms with van der Waals surface area (Å²) in [4.78, 5) is 19.3. The van der Waals surface area contributed by atoms with Crippen LogP contribution in [0.3, 0.4) is 0 Å². The van der Waals surface area contributed by atoms with Crippen LogP contribution in [0.1, 0.15) is 43.7 Å². The van der Waals surface area contributed by atoms with Gasteiger partial charge in [-0.2, -0.15) is 0 Å². The highest BCUT2D eigenvalue weighted by Gasteiger charge is 2.26. The van der Waals surface area contributed by atoms with Crippen molar-refractivity contribution in [2.45, 2.75) is 38.1 Å². The topological polar surface area (TPSA) is 42.4 Å². The standard InChI is InChI=1S/C26H28N2O2/c29-26(28-19-8-2-5-12-24(28)22-14-17-27-18-15-22)16-20-30-25-13-7-6-11-23(25)21-9-3-1-4-10-21/h1,3-4,6-7,9-11,13-15,17-18,24H,2,5,8,12,16,19-20H2/t24-/m0/s1. The normalized spacial score (nSPS) is 16.7. The van der Waals surface area contributed by atoms with Gasteiger partial charge in [-0.3, -0.25) is 9.78 Å². The molecule has 1 fully saturated rings. The Labute approximate surface area is 178 Å². The number of pyridine rings is 1. The molecule has 2 heterocycles. The molecule has 3 aromatic rings. The molecule has 0 unspecified atom stereocenters. The molecule has 1 amide bonds. The molecule has 0 bridgehead atoms. The number of rotatable bonds is 6. The fraction of sp³-hybridized carbons (Fsp3) is 0.308. The summed E-state index contributed by atoms with van der Waals surface area (Å²) < 4.78 is 6.07. The van der Waals surface area contributed by atoms with Crippen LogP contribution in [0.25, 0.3) is 11.1 Å². The van der Waals surface area contributed by atoms with E-state index >= 15 is 0 Å². The van der Waals surface area contributed by atoms with Crippen molar-refractivity contribution in [3.05, 3.63) is 84.7 Å². The van der Waals surface area contributed by atoms with Gasteiger partial charge in [-0.15, -0.1) is 0 Å². The maximum atomic E-state index is 13.1. The van der Waals surface area contributed by atoms with E-state index in [1.807, 2.05) is 60.9 Å². The Morgan fingerprint density at radius 1 is 0.933 bits per heavy atom. The van der Waals surface area contributed by atoms with Crippen LogP contribution in [0.5, 0.6) is 5.75 Å². The summed E-state index contributed by atoms with van der Waals surface area (Å²) in [6, 6.07) is 22.4. The lowest BCUT2D eigenvalue weighted by molar-refractivity contribution is -0.134. The van der Waals surface area contributed by atoms with Crippen LogP contribution >= 0.6 is 0 Å². The first-order valence-corrected chi connectivity index (χ1v) is 10.8. The summed E-state index contributed by atoms with van der Waals surface area (Å²) in [6.45, 7) is 1.19. The lowest BCUT2D eigenvalue weighted by atomic mass is 10.0. The largest absolute Gasteiger partial charge is 0.492 e. The number of ether oxygens (including phenoxy) is 1. The second-order valence-electron chi connectivity index (χ2n) is 7.69. The van der Waals surface area contributed by atoms with Gasteiger partial charge < -0.3 is 9.64 Å². The Hall–Kier alpha value is -3.14. The average molecular weight is 401 g/mol. The fourth-order valence-electron chi connectivity index (χ4n) is 4.18. The highest BCUT2D eigenvalue weighted by Crippen LogP contribution is 2.31. The van der Waals surface area contributed by atoms with Crippen LogP contribution in [0.4, 0.5) is 0 Å². The first-order valence-electron chi connectivity index (χ1n) is 10.8. The molecule has 4 nitrogen and oxygen atoms in total. The number of benzene rings is 2. The highest BCUT2D eigenvalue weighted by atomic mass is 16.5. The number of aromatic nitrogens is 1. The second kappa shape index (κ2) is 10.1. The van der Waals surface area contributed by atoms with Gasteiger partial charge in [-0.25, -0.2) is 0 Å². The lowest BCUT2D eigenvalue weighted by Gasteiger charge is -2.30. The monoisotopic (exact) mass is 400 g/mol. The Balaban J connectivity index is 1.42. The molecule has 4 heteroatoms. The minimum Gasteiger partial charge on any atom is -0.492 e. The molecule has 1 atom stereocenters. The molecule has 1 aliphatic heterocycles. The zero-order chi connectivity index (χ0) is 20.6. The number of para-hydroxylation sites is 1. The summed E-state index contributed by atoms with van der Waals surface area (Å²) in [7, 11) is 0. The van der Waals surface area contributed by atoms with Gasteiger partial charge in [-0.1, -0.05) is 61.4 Å². The van der Waals surface area contributed by atoms with E-state index in [4.69, 9.17) is 4.74 Å². The smallest absolute Gasteiger partial charge is 0.226 e. The third-order valence-electron chi connectivity index (χ3n) is 5.71. The summed E-state index contributed by atoms with van der Waals surface area (Å²) in [5.41, 5.74) is 3.34. The molecular weight excluding hydrogens is 372 g/mol. The fourth-order valence-corrected chi connectivity index (χ4v) is 4.18. The first-order chi connectivity index (χ1) is 14.8.